The van der Waals surface area contributed by atoms with E-state index in [4.69, 9.17) is 9.47 Å². The van der Waals surface area contributed by atoms with Gasteiger partial charge in [-0.1, -0.05) is 19.4 Å². The molecule has 2 nitrogen and oxygen atoms in total. The average Bonchev–Trinajstić information content (AvgIpc) is 2.45. The van der Waals surface area contributed by atoms with Gasteiger partial charge in [0, 0.05) is 0 Å². The Hall–Kier alpha value is -0.340. The Morgan fingerprint density at radius 3 is 2.71 bits per heavy atom. The summed E-state index contributed by atoms with van der Waals surface area (Å²) in [6.45, 7) is 8.45. The summed E-state index contributed by atoms with van der Waals surface area (Å²) in [7, 11) is 0. The molecule has 1 spiro atoms. The van der Waals surface area contributed by atoms with Gasteiger partial charge in [-0.25, -0.2) is 0 Å². The zero-order valence-corrected chi connectivity index (χ0v) is 11.1. The third-order valence-electron chi connectivity index (χ3n) is 4.78. The first-order chi connectivity index (χ1) is 8.05. The average molecular weight is 236 g/mol. The Bertz CT molecular complexity index is 326. The molecule has 0 amide bonds. The summed E-state index contributed by atoms with van der Waals surface area (Å²) in [5, 5.41) is 0. The van der Waals surface area contributed by atoms with Gasteiger partial charge in [0.1, 0.15) is 5.60 Å². The van der Waals surface area contributed by atoms with Crippen LogP contribution in [0.4, 0.5) is 0 Å². The molecule has 2 aliphatic carbocycles. The van der Waals surface area contributed by atoms with Gasteiger partial charge in [0.25, 0.3) is 0 Å². The Morgan fingerprint density at radius 2 is 1.88 bits per heavy atom. The predicted octanol–water partition coefficient (Wildman–Crippen LogP) is 3.81. The Balaban J connectivity index is 2.01. The Labute approximate surface area is 104 Å². The largest absolute Gasteiger partial charge is 0.344 e. The summed E-state index contributed by atoms with van der Waals surface area (Å²) in [5.41, 5.74) is 1.15. The molecular formula is C15H24O2. The van der Waals surface area contributed by atoms with Gasteiger partial charge >= 0.3 is 0 Å². The molecule has 3 aliphatic rings. The minimum Gasteiger partial charge on any atom is -0.344 e. The summed E-state index contributed by atoms with van der Waals surface area (Å²) < 4.78 is 12.6. The first-order valence-electron chi connectivity index (χ1n) is 7.11. The van der Waals surface area contributed by atoms with Crippen molar-refractivity contribution in [3.05, 3.63) is 12.2 Å². The first-order valence-corrected chi connectivity index (χ1v) is 7.11. The van der Waals surface area contributed by atoms with E-state index in [0.29, 0.717) is 5.92 Å². The molecule has 0 unspecified atom stereocenters. The van der Waals surface area contributed by atoms with Crippen molar-refractivity contribution in [2.75, 3.05) is 0 Å². The molecule has 0 radical (unpaired) electrons. The SMILES string of the molecule is C=C1CCCC[C@@H]2CCC[C@H]3OC(C)(C)O[C@@]123. The third kappa shape index (κ3) is 1.68. The summed E-state index contributed by atoms with van der Waals surface area (Å²) in [6, 6.07) is 0. The van der Waals surface area contributed by atoms with E-state index in [1.807, 2.05) is 0 Å². The van der Waals surface area contributed by atoms with E-state index in [1.54, 1.807) is 0 Å². The molecule has 1 saturated heterocycles. The molecule has 1 heterocycles. The normalized spacial score (nSPS) is 44.9. The summed E-state index contributed by atoms with van der Waals surface area (Å²) >= 11 is 0. The van der Waals surface area contributed by atoms with E-state index in [1.165, 1.54) is 37.7 Å². The lowest BCUT2D eigenvalue weighted by molar-refractivity contribution is -0.164. The molecule has 3 fully saturated rings. The fourth-order valence-corrected chi connectivity index (χ4v) is 4.18. The van der Waals surface area contributed by atoms with Crippen LogP contribution in [-0.2, 0) is 9.47 Å². The molecule has 2 saturated carbocycles. The van der Waals surface area contributed by atoms with E-state index >= 15 is 0 Å². The van der Waals surface area contributed by atoms with E-state index in [9.17, 15) is 0 Å². The lowest BCUT2D eigenvalue weighted by Gasteiger charge is -2.44. The maximum Gasteiger partial charge on any atom is 0.164 e. The van der Waals surface area contributed by atoms with Gasteiger partial charge in [0.2, 0.25) is 0 Å². The number of rotatable bonds is 0. The van der Waals surface area contributed by atoms with Crippen LogP contribution in [0.15, 0.2) is 12.2 Å². The highest BCUT2D eigenvalue weighted by Gasteiger charge is 2.59. The van der Waals surface area contributed by atoms with Crippen LogP contribution >= 0.6 is 0 Å². The van der Waals surface area contributed by atoms with Crippen molar-refractivity contribution in [1.29, 1.82) is 0 Å². The molecule has 0 aromatic rings. The van der Waals surface area contributed by atoms with Crippen LogP contribution in [0.25, 0.3) is 0 Å². The molecule has 17 heavy (non-hydrogen) atoms. The number of hydrogen-bond acceptors (Lipinski definition) is 2. The van der Waals surface area contributed by atoms with Crippen LogP contribution in [0.5, 0.6) is 0 Å². The van der Waals surface area contributed by atoms with Crippen LogP contribution in [0.2, 0.25) is 0 Å². The van der Waals surface area contributed by atoms with E-state index in [2.05, 4.69) is 20.4 Å². The molecule has 3 rings (SSSR count). The van der Waals surface area contributed by atoms with Crippen molar-refractivity contribution in [2.45, 2.75) is 76.3 Å². The van der Waals surface area contributed by atoms with Crippen molar-refractivity contribution in [2.24, 2.45) is 5.92 Å². The fraction of sp³-hybridized carbons (Fsp3) is 0.867. The minimum atomic E-state index is -0.430. The van der Waals surface area contributed by atoms with Crippen molar-refractivity contribution >= 4 is 0 Å². The van der Waals surface area contributed by atoms with Crippen LogP contribution in [0, 0.1) is 5.92 Å². The highest BCUT2D eigenvalue weighted by molar-refractivity contribution is 5.24. The quantitative estimate of drug-likeness (QED) is 0.595. The van der Waals surface area contributed by atoms with Crippen LogP contribution in [0.1, 0.15) is 58.8 Å². The zero-order valence-electron chi connectivity index (χ0n) is 11.1. The fourth-order valence-electron chi connectivity index (χ4n) is 4.18. The predicted molar refractivity (Wildman–Crippen MR) is 67.7 cm³/mol. The summed E-state index contributed by atoms with van der Waals surface area (Å²) in [4.78, 5) is 0. The van der Waals surface area contributed by atoms with E-state index < -0.39 is 5.79 Å². The van der Waals surface area contributed by atoms with Crippen molar-refractivity contribution in [3.63, 3.8) is 0 Å². The van der Waals surface area contributed by atoms with Gasteiger partial charge in [-0.3, -0.25) is 0 Å². The summed E-state index contributed by atoms with van der Waals surface area (Å²) in [5.74, 6) is 0.207. The van der Waals surface area contributed by atoms with Crippen LogP contribution < -0.4 is 0 Å². The van der Waals surface area contributed by atoms with Gasteiger partial charge in [-0.15, -0.1) is 0 Å². The van der Waals surface area contributed by atoms with Gasteiger partial charge in [0.05, 0.1) is 6.10 Å². The van der Waals surface area contributed by atoms with E-state index in [-0.39, 0.29) is 11.7 Å². The monoisotopic (exact) mass is 236 g/mol. The highest BCUT2D eigenvalue weighted by Crippen LogP contribution is 2.54. The molecule has 0 bridgehead atoms. The Kier molecular flexibility index (Phi) is 2.64. The lowest BCUT2D eigenvalue weighted by atomic mass is 9.69. The maximum absolute atomic E-state index is 6.41. The number of ether oxygens (including phenoxy) is 2. The van der Waals surface area contributed by atoms with Crippen LogP contribution in [-0.4, -0.2) is 17.5 Å². The highest BCUT2D eigenvalue weighted by atomic mass is 16.8. The molecule has 1 aliphatic heterocycles. The maximum atomic E-state index is 6.41. The van der Waals surface area contributed by atoms with Gasteiger partial charge in [-0.05, 0) is 57.4 Å². The zero-order chi connectivity index (χ0) is 12.1. The summed E-state index contributed by atoms with van der Waals surface area (Å²) in [6.07, 6.45) is 8.95. The third-order valence-corrected chi connectivity index (χ3v) is 4.78. The van der Waals surface area contributed by atoms with Crippen molar-refractivity contribution < 1.29 is 9.47 Å². The number of hydrogen-bond donors (Lipinski definition) is 0. The second kappa shape index (κ2) is 3.83. The molecule has 2 heteroatoms. The standard InChI is InChI=1S/C15H24O2/c1-11-7-4-5-8-12-9-6-10-13-15(11,12)17-14(2,3)16-13/h12-13H,1,4-10H2,2-3H3/t12-,13-,15+/m1/s1. The molecule has 96 valence electrons. The van der Waals surface area contributed by atoms with Gasteiger partial charge in [0.15, 0.2) is 5.79 Å². The van der Waals surface area contributed by atoms with Crippen molar-refractivity contribution in [1.82, 2.24) is 0 Å². The smallest absolute Gasteiger partial charge is 0.164 e. The van der Waals surface area contributed by atoms with Gasteiger partial charge in [-0.2, -0.15) is 0 Å². The topological polar surface area (TPSA) is 18.5 Å². The second-order valence-corrected chi connectivity index (χ2v) is 6.38. The molecular weight excluding hydrogens is 212 g/mol. The first kappa shape index (κ1) is 11.7. The molecule has 3 atom stereocenters. The van der Waals surface area contributed by atoms with Crippen molar-refractivity contribution in [3.8, 4) is 0 Å². The molecule has 0 N–H and O–H groups in total. The molecule has 0 aromatic carbocycles. The second-order valence-electron chi connectivity index (χ2n) is 6.38. The van der Waals surface area contributed by atoms with Gasteiger partial charge < -0.3 is 9.47 Å². The van der Waals surface area contributed by atoms with E-state index in [0.717, 1.165) is 12.8 Å². The molecule has 0 aromatic heterocycles. The lowest BCUT2D eigenvalue weighted by Crippen LogP contribution is -2.50. The van der Waals surface area contributed by atoms with Crippen LogP contribution in [0.3, 0.4) is 0 Å². The minimum absolute atomic E-state index is 0.155. The Morgan fingerprint density at radius 1 is 1.12 bits per heavy atom.